The molecule has 1 aromatic heterocycles. The number of nitrogens with zero attached hydrogens (tertiary/aromatic N) is 1. The van der Waals surface area contributed by atoms with Gasteiger partial charge in [0.15, 0.2) is 11.5 Å². The van der Waals surface area contributed by atoms with Crippen LogP contribution in [0.2, 0.25) is 0 Å². The third-order valence-electron chi connectivity index (χ3n) is 7.20. The van der Waals surface area contributed by atoms with E-state index in [1.165, 1.54) is 0 Å². The van der Waals surface area contributed by atoms with Crippen molar-refractivity contribution in [1.82, 2.24) is 9.88 Å². The van der Waals surface area contributed by atoms with Gasteiger partial charge < -0.3 is 19.9 Å². The van der Waals surface area contributed by atoms with Crippen molar-refractivity contribution < 1.29 is 24.2 Å². The van der Waals surface area contributed by atoms with Gasteiger partial charge in [-0.25, -0.2) is 0 Å². The van der Waals surface area contributed by atoms with Crippen LogP contribution in [-0.4, -0.2) is 28.3 Å². The minimum absolute atomic E-state index is 0.0865. The van der Waals surface area contributed by atoms with Gasteiger partial charge in [0.05, 0.1) is 18.0 Å². The van der Waals surface area contributed by atoms with Gasteiger partial charge in [-0.15, -0.1) is 0 Å². The number of unbranched alkanes of at least 4 members (excludes halogenated alkanes) is 1. The van der Waals surface area contributed by atoms with E-state index in [0.29, 0.717) is 41.0 Å². The molecule has 2 heterocycles. The average Bonchev–Trinajstić information content (AvgIpc) is 3.43. The maximum absolute atomic E-state index is 14.0. The molecule has 2 N–H and O–H groups in total. The molecule has 2 atom stereocenters. The Morgan fingerprint density at radius 1 is 0.975 bits per heavy atom. The Bertz CT molecular complexity index is 1580. The largest absolute Gasteiger partial charge is 0.481 e. The fraction of sp³-hybridized carbons (Fsp3) is 0.281. The predicted octanol–water partition coefficient (Wildman–Crippen LogP) is 5.38. The maximum Gasteiger partial charge on any atom is 0.305 e. The number of pyridine rings is 1. The first-order chi connectivity index (χ1) is 19.4. The number of ether oxygens (including phenoxy) is 2. The second-order valence-electron chi connectivity index (χ2n) is 10.00. The lowest BCUT2D eigenvalue weighted by atomic mass is 10.00. The van der Waals surface area contributed by atoms with Crippen LogP contribution in [0.5, 0.6) is 11.5 Å². The monoisotopic (exact) mass is 540 g/mol. The third kappa shape index (κ3) is 5.86. The third-order valence-corrected chi connectivity index (χ3v) is 7.20. The molecule has 4 aromatic rings. The molecule has 8 heteroatoms. The van der Waals surface area contributed by atoms with Gasteiger partial charge in [-0.05, 0) is 47.2 Å². The van der Waals surface area contributed by atoms with Crippen molar-refractivity contribution in [1.29, 1.82) is 0 Å². The van der Waals surface area contributed by atoms with Crippen LogP contribution in [0, 0.1) is 0 Å². The van der Waals surface area contributed by atoms with E-state index in [1.54, 1.807) is 22.8 Å². The Hall–Kier alpha value is -4.59. The number of carbonyl (C=O) groups is 2. The molecule has 0 saturated heterocycles. The molecule has 1 aliphatic heterocycles. The minimum atomic E-state index is -1.06. The van der Waals surface area contributed by atoms with Crippen LogP contribution >= 0.6 is 0 Å². The van der Waals surface area contributed by atoms with Gasteiger partial charge in [0.1, 0.15) is 6.04 Å². The van der Waals surface area contributed by atoms with Crippen LogP contribution in [0.1, 0.15) is 61.4 Å². The number of carboxylic acid groups (broad SMARTS) is 1. The Morgan fingerprint density at radius 2 is 1.73 bits per heavy atom. The summed E-state index contributed by atoms with van der Waals surface area (Å²) in [5.74, 6) is -0.388. The smallest absolute Gasteiger partial charge is 0.305 e. The number of nitrogens with one attached hydrogen (secondary N) is 1. The normalized spacial score (nSPS) is 13.6. The number of aromatic nitrogens is 1. The quantitative estimate of drug-likeness (QED) is 0.264. The van der Waals surface area contributed by atoms with Gasteiger partial charge in [-0.2, -0.15) is 0 Å². The SMILES string of the molecule is CCCCC(C(=O)N[C@@H](CC(=O)O)c1ccc2c(c1)OCO2)n1c(=O)c(Cc2ccccc2)cc2ccccc21. The van der Waals surface area contributed by atoms with Gasteiger partial charge >= 0.3 is 5.97 Å². The van der Waals surface area contributed by atoms with E-state index in [4.69, 9.17) is 9.47 Å². The first kappa shape index (κ1) is 27.0. The molecule has 1 unspecified atom stereocenters. The average molecular weight is 541 g/mol. The molecule has 0 saturated carbocycles. The van der Waals surface area contributed by atoms with Crippen LogP contribution in [0.3, 0.4) is 0 Å². The summed E-state index contributed by atoms with van der Waals surface area (Å²) < 4.78 is 12.4. The summed E-state index contributed by atoms with van der Waals surface area (Å²) in [4.78, 5) is 39.8. The van der Waals surface area contributed by atoms with E-state index < -0.39 is 24.0 Å². The molecule has 40 heavy (non-hydrogen) atoms. The van der Waals surface area contributed by atoms with Crippen LogP contribution < -0.4 is 20.3 Å². The molecule has 0 radical (unpaired) electrons. The molecule has 0 bridgehead atoms. The highest BCUT2D eigenvalue weighted by atomic mass is 16.7. The Morgan fingerprint density at radius 3 is 2.50 bits per heavy atom. The zero-order chi connectivity index (χ0) is 28.1. The van der Waals surface area contributed by atoms with E-state index in [1.807, 2.05) is 67.6 Å². The summed E-state index contributed by atoms with van der Waals surface area (Å²) >= 11 is 0. The molecule has 0 spiro atoms. The number of aliphatic carboxylic acids is 1. The van der Waals surface area contributed by atoms with E-state index in [-0.39, 0.29) is 18.8 Å². The minimum Gasteiger partial charge on any atom is -0.481 e. The second kappa shape index (κ2) is 12.1. The first-order valence-corrected chi connectivity index (χ1v) is 13.5. The number of rotatable bonds is 11. The summed E-state index contributed by atoms with van der Waals surface area (Å²) in [7, 11) is 0. The Labute approximate surface area is 232 Å². The summed E-state index contributed by atoms with van der Waals surface area (Å²) in [6.07, 6.45) is 2.10. The van der Waals surface area contributed by atoms with Crippen molar-refractivity contribution in [2.45, 2.75) is 51.1 Å². The Balaban J connectivity index is 1.55. The standard InChI is InChI=1S/C32H32N2O6/c1-2-3-12-27(31(37)33-25(19-30(35)36)22-14-15-28-29(18-22)40-20-39-28)34-26-13-8-7-11-23(26)17-24(32(34)38)16-21-9-5-4-6-10-21/h4-11,13-15,17-18,25,27H,2-3,12,16,19-20H2,1H3,(H,33,37)(H,35,36)/t25-,27?/m0/s1. The zero-order valence-corrected chi connectivity index (χ0v) is 22.3. The van der Waals surface area contributed by atoms with Crippen molar-refractivity contribution in [2.75, 3.05) is 6.79 Å². The maximum atomic E-state index is 14.0. The molecule has 1 amide bonds. The summed E-state index contributed by atoms with van der Waals surface area (Å²) in [6, 6.07) is 22.7. The predicted molar refractivity (Wildman–Crippen MR) is 152 cm³/mol. The van der Waals surface area contributed by atoms with Crippen molar-refractivity contribution >= 4 is 22.8 Å². The van der Waals surface area contributed by atoms with E-state index in [2.05, 4.69) is 5.32 Å². The van der Waals surface area contributed by atoms with Gasteiger partial charge in [-0.3, -0.25) is 19.0 Å². The lowest BCUT2D eigenvalue weighted by molar-refractivity contribution is -0.137. The van der Waals surface area contributed by atoms with E-state index in [0.717, 1.165) is 23.8 Å². The number of hydrogen-bond acceptors (Lipinski definition) is 5. The lowest BCUT2D eigenvalue weighted by Gasteiger charge is -2.25. The summed E-state index contributed by atoms with van der Waals surface area (Å²) in [5.41, 5.74) is 2.62. The number of hydrogen-bond donors (Lipinski definition) is 2. The molecule has 3 aromatic carbocycles. The highest BCUT2D eigenvalue weighted by Gasteiger charge is 2.28. The van der Waals surface area contributed by atoms with Crippen LogP contribution in [0.4, 0.5) is 0 Å². The lowest BCUT2D eigenvalue weighted by Crippen LogP contribution is -2.40. The van der Waals surface area contributed by atoms with Gasteiger partial charge in [0.25, 0.3) is 5.56 Å². The number of carbonyl (C=O) groups excluding carboxylic acids is 1. The highest BCUT2D eigenvalue weighted by Crippen LogP contribution is 2.35. The molecule has 1 aliphatic rings. The van der Waals surface area contributed by atoms with Gasteiger partial charge in [0.2, 0.25) is 12.7 Å². The number of para-hydroxylation sites is 1. The molecule has 8 nitrogen and oxygen atoms in total. The topological polar surface area (TPSA) is 107 Å². The second-order valence-corrected chi connectivity index (χ2v) is 10.00. The summed E-state index contributed by atoms with van der Waals surface area (Å²) in [5, 5.41) is 13.5. The molecular weight excluding hydrogens is 508 g/mol. The van der Waals surface area contributed by atoms with Crippen LogP contribution in [-0.2, 0) is 16.0 Å². The summed E-state index contributed by atoms with van der Waals surface area (Å²) in [6.45, 7) is 2.12. The zero-order valence-electron chi connectivity index (χ0n) is 22.3. The number of benzene rings is 3. The fourth-order valence-electron chi connectivity index (χ4n) is 5.19. The molecule has 0 fully saturated rings. The molecule has 0 aliphatic carbocycles. The Kier molecular flexibility index (Phi) is 8.15. The van der Waals surface area contributed by atoms with Gasteiger partial charge in [0, 0.05) is 12.0 Å². The molecule has 5 rings (SSSR count). The van der Waals surface area contributed by atoms with Crippen LogP contribution in [0.25, 0.3) is 10.9 Å². The van der Waals surface area contributed by atoms with E-state index >= 15 is 0 Å². The van der Waals surface area contributed by atoms with Crippen molar-refractivity contribution in [3.63, 3.8) is 0 Å². The number of fused-ring (bicyclic) bond motifs is 2. The molecular formula is C32H32N2O6. The van der Waals surface area contributed by atoms with Gasteiger partial charge in [-0.1, -0.05) is 74.4 Å². The first-order valence-electron chi connectivity index (χ1n) is 13.5. The van der Waals surface area contributed by atoms with Crippen molar-refractivity contribution in [2.24, 2.45) is 0 Å². The number of carboxylic acids is 1. The van der Waals surface area contributed by atoms with E-state index in [9.17, 15) is 19.5 Å². The van der Waals surface area contributed by atoms with Crippen LogP contribution in [0.15, 0.2) is 83.7 Å². The highest BCUT2D eigenvalue weighted by molar-refractivity contribution is 5.86. The number of amides is 1. The van der Waals surface area contributed by atoms with Crippen molar-refractivity contribution in [3.8, 4) is 11.5 Å². The fourth-order valence-corrected chi connectivity index (χ4v) is 5.19. The molecule has 206 valence electrons. The van der Waals surface area contributed by atoms with Crippen molar-refractivity contribution in [3.05, 3.63) is 106 Å².